The van der Waals surface area contributed by atoms with Crippen molar-refractivity contribution in [1.29, 1.82) is 0 Å². The van der Waals surface area contributed by atoms with Gasteiger partial charge in [-0.1, -0.05) is 0 Å². The van der Waals surface area contributed by atoms with Crippen LogP contribution in [0.3, 0.4) is 0 Å². The van der Waals surface area contributed by atoms with E-state index in [1.807, 2.05) is 12.1 Å². The Labute approximate surface area is 149 Å². The third kappa shape index (κ3) is 4.89. The number of amides is 1. The van der Waals surface area contributed by atoms with Crippen LogP contribution >= 0.6 is 0 Å². The van der Waals surface area contributed by atoms with Gasteiger partial charge in [-0.05, 0) is 45.2 Å². The number of rotatable bonds is 5. The molecule has 0 unspecified atom stereocenters. The third-order valence-electron chi connectivity index (χ3n) is 5.15. The summed E-state index contributed by atoms with van der Waals surface area (Å²) in [4.78, 5) is 17.1. The van der Waals surface area contributed by atoms with E-state index in [-0.39, 0.29) is 12.0 Å². The Balaban J connectivity index is 1.48. The number of nitrogens with one attached hydrogen (secondary N) is 1. The fourth-order valence-electron chi connectivity index (χ4n) is 3.85. The molecule has 1 amide bonds. The first-order chi connectivity index (χ1) is 12.1. The van der Waals surface area contributed by atoms with Gasteiger partial charge in [0, 0.05) is 37.9 Å². The predicted octanol–water partition coefficient (Wildman–Crippen LogP) is 1.38. The van der Waals surface area contributed by atoms with Crippen molar-refractivity contribution in [3.8, 4) is 0 Å². The molecule has 3 rings (SSSR count). The van der Waals surface area contributed by atoms with Crippen LogP contribution in [0.5, 0.6) is 0 Å². The fourth-order valence-corrected chi connectivity index (χ4v) is 3.85. The highest BCUT2D eigenvalue weighted by molar-refractivity contribution is 5.79. The van der Waals surface area contributed by atoms with Gasteiger partial charge in [0.05, 0.1) is 19.3 Å². The van der Waals surface area contributed by atoms with Crippen molar-refractivity contribution < 1.29 is 9.53 Å². The zero-order valence-electron chi connectivity index (χ0n) is 15.2. The molecule has 2 aliphatic heterocycles. The molecule has 138 valence electrons. The Morgan fingerprint density at radius 3 is 2.88 bits per heavy atom. The summed E-state index contributed by atoms with van der Waals surface area (Å²) >= 11 is 0. The van der Waals surface area contributed by atoms with Crippen molar-refractivity contribution in [3.63, 3.8) is 0 Å². The first-order valence-electron chi connectivity index (χ1n) is 9.30. The molecule has 0 aliphatic carbocycles. The number of hydrogen-bond donors (Lipinski definition) is 1. The molecule has 0 spiro atoms. The molecule has 3 atom stereocenters. The molecular weight excluding hydrogens is 318 g/mol. The van der Waals surface area contributed by atoms with Gasteiger partial charge in [-0.2, -0.15) is 5.10 Å². The summed E-state index contributed by atoms with van der Waals surface area (Å²) in [6, 6.07) is 4.44. The van der Waals surface area contributed by atoms with Crippen LogP contribution in [0.15, 0.2) is 18.3 Å². The minimum Gasteiger partial charge on any atom is -0.374 e. The standard InChI is InChI=1S/C18H29N5O2/c1-14-5-3-6-15(2)23(14)18(24)13-22-9-10-25-16(12-22)11-19-17-7-4-8-20-21-17/h4,7-8,14-16H,3,5-6,9-13H2,1-2H3,(H,19,21)/t14-,15-,16-/m1/s1. The fraction of sp³-hybridized carbons (Fsp3) is 0.722. The van der Waals surface area contributed by atoms with Crippen LogP contribution < -0.4 is 5.32 Å². The van der Waals surface area contributed by atoms with Gasteiger partial charge in [0.2, 0.25) is 5.91 Å². The maximum absolute atomic E-state index is 12.8. The van der Waals surface area contributed by atoms with E-state index in [1.165, 1.54) is 6.42 Å². The SMILES string of the molecule is C[C@@H]1CCC[C@@H](C)N1C(=O)CN1CCO[C@H](CNc2cccnn2)C1. The highest BCUT2D eigenvalue weighted by atomic mass is 16.5. The Morgan fingerprint density at radius 1 is 1.36 bits per heavy atom. The number of carbonyl (C=O) groups is 1. The minimum atomic E-state index is 0.0553. The summed E-state index contributed by atoms with van der Waals surface area (Å²) < 4.78 is 5.82. The Kier molecular flexibility index (Phi) is 6.20. The van der Waals surface area contributed by atoms with Crippen LogP contribution in [-0.4, -0.2) is 76.9 Å². The number of hydrogen-bond acceptors (Lipinski definition) is 6. The molecule has 1 N–H and O–H groups in total. The molecule has 0 aromatic carbocycles. The maximum Gasteiger partial charge on any atom is 0.237 e. The van der Waals surface area contributed by atoms with E-state index in [0.29, 0.717) is 31.8 Å². The summed E-state index contributed by atoms with van der Waals surface area (Å²) in [6.07, 6.45) is 5.16. The second kappa shape index (κ2) is 8.58. The first kappa shape index (κ1) is 18.1. The molecule has 0 radical (unpaired) electrons. The second-order valence-corrected chi connectivity index (χ2v) is 7.15. The quantitative estimate of drug-likeness (QED) is 0.868. The van der Waals surface area contributed by atoms with Crippen LogP contribution in [0.25, 0.3) is 0 Å². The lowest BCUT2D eigenvalue weighted by molar-refractivity contribution is -0.140. The Hall–Kier alpha value is -1.73. The van der Waals surface area contributed by atoms with Gasteiger partial charge in [-0.3, -0.25) is 9.69 Å². The van der Waals surface area contributed by atoms with Crippen molar-refractivity contribution in [2.45, 2.75) is 51.3 Å². The lowest BCUT2D eigenvalue weighted by atomic mass is 9.97. The first-order valence-corrected chi connectivity index (χ1v) is 9.30. The third-order valence-corrected chi connectivity index (χ3v) is 5.15. The van der Waals surface area contributed by atoms with Gasteiger partial charge in [-0.25, -0.2) is 0 Å². The van der Waals surface area contributed by atoms with Crippen molar-refractivity contribution in [2.24, 2.45) is 0 Å². The van der Waals surface area contributed by atoms with Crippen LogP contribution in [0.4, 0.5) is 5.82 Å². The summed E-state index contributed by atoms with van der Waals surface area (Å²) in [7, 11) is 0. The number of ether oxygens (including phenoxy) is 1. The normalized spacial score (nSPS) is 27.9. The minimum absolute atomic E-state index is 0.0553. The van der Waals surface area contributed by atoms with Gasteiger partial charge in [-0.15, -0.1) is 5.10 Å². The molecule has 7 nitrogen and oxygen atoms in total. The largest absolute Gasteiger partial charge is 0.374 e. The van der Waals surface area contributed by atoms with Crippen molar-refractivity contribution in [2.75, 3.05) is 38.1 Å². The van der Waals surface area contributed by atoms with E-state index < -0.39 is 0 Å². The van der Waals surface area contributed by atoms with Crippen LogP contribution in [-0.2, 0) is 9.53 Å². The smallest absolute Gasteiger partial charge is 0.237 e. The summed E-state index contributed by atoms with van der Waals surface area (Å²) in [5.74, 6) is 0.998. The molecule has 1 aromatic heterocycles. The van der Waals surface area contributed by atoms with E-state index in [0.717, 1.165) is 31.7 Å². The van der Waals surface area contributed by atoms with Gasteiger partial charge < -0.3 is 15.0 Å². The molecule has 25 heavy (non-hydrogen) atoms. The average Bonchev–Trinajstić information content (AvgIpc) is 2.61. The molecular formula is C18H29N5O2. The molecule has 2 fully saturated rings. The number of likely N-dealkylation sites (tertiary alicyclic amines) is 1. The van der Waals surface area contributed by atoms with Crippen LogP contribution in [0.1, 0.15) is 33.1 Å². The average molecular weight is 347 g/mol. The molecule has 1 aromatic rings. The zero-order valence-corrected chi connectivity index (χ0v) is 15.2. The van der Waals surface area contributed by atoms with E-state index >= 15 is 0 Å². The monoisotopic (exact) mass is 347 g/mol. The number of carbonyl (C=O) groups excluding carboxylic acids is 1. The summed E-state index contributed by atoms with van der Waals surface area (Å²) in [5, 5.41) is 11.1. The van der Waals surface area contributed by atoms with Crippen molar-refractivity contribution in [1.82, 2.24) is 20.0 Å². The van der Waals surface area contributed by atoms with Gasteiger partial charge in [0.15, 0.2) is 0 Å². The van der Waals surface area contributed by atoms with Crippen molar-refractivity contribution in [3.05, 3.63) is 18.3 Å². The second-order valence-electron chi connectivity index (χ2n) is 7.15. The van der Waals surface area contributed by atoms with Gasteiger partial charge in [0.25, 0.3) is 0 Å². The Morgan fingerprint density at radius 2 is 2.16 bits per heavy atom. The topological polar surface area (TPSA) is 70.6 Å². The molecule has 2 aliphatic rings. The zero-order chi connectivity index (χ0) is 17.6. The van der Waals surface area contributed by atoms with E-state index in [2.05, 4.69) is 39.2 Å². The Bertz CT molecular complexity index is 546. The van der Waals surface area contributed by atoms with Gasteiger partial charge >= 0.3 is 0 Å². The van der Waals surface area contributed by atoms with Crippen LogP contribution in [0.2, 0.25) is 0 Å². The molecule has 7 heteroatoms. The highest BCUT2D eigenvalue weighted by Crippen LogP contribution is 2.23. The molecule has 0 bridgehead atoms. The van der Waals surface area contributed by atoms with E-state index in [4.69, 9.17) is 4.74 Å². The predicted molar refractivity (Wildman–Crippen MR) is 96.3 cm³/mol. The number of piperidine rings is 1. The highest BCUT2D eigenvalue weighted by Gasteiger charge is 2.31. The maximum atomic E-state index is 12.8. The molecule has 2 saturated heterocycles. The number of morpholine rings is 1. The van der Waals surface area contributed by atoms with Crippen molar-refractivity contribution >= 4 is 11.7 Å². The summed E-state index contributed by atoms with van der Waals surface area (Å²) in [6.45, 7) is 7.71. The van der Waals surface area contributed by atoms with E-state index in [9.17, 15) is 4.79 Å². The van der Waals surface area contributed by atoms with Crippen LogP contribution in [0, 0.1) is 0 Å². The van der Waals surface area contributed by atoms with Gasteiger partial charge in [0.1, 0.15) is 5.82 Å². The van der Waals surface area contributed by atoms with E-state index in [1.54, 1.807) is 6.20 Å². The molecule has 3 heterocycles. The summed E-state index contributed by atoms with van der Waals surface area (Å²) in [5.41, 5.74) is 0. The molecule has 0 saturated carbocycles. The number of nitrogens with zero attached hydrogens (tertiary/aromatic N) is 4. The number of aromatic nitrogens is 2. The lowest BCUT2D eigenvalue weighted by Gasteiger charge is -2.41. The number of anilines is 1. The lowest BCUT2D eigenvalue weighted by Crippen LogP contribution is -2.54.